The van der Waals surface area contributed by atoms with Gasteiger partial charge in [0.15, 0.2) is 4.90 Å². The number of hydrogen-bond acceptors (Lipinski definition) is 8. The first-order valence-corrected chi connectivity index (χ1v) is 12.4. The third-order valence-corrected chi connectivity index (χ3v) is 7.63. The predicted octanol–water partition coefficient (Wildman–Crippen LogP) is 1.20. The Labute approximate surface area is 171 Å². The first-order valence-electron chi connectivity index (χ1n) is 7.52. The maximum Gasteiger partial charge on any atom is 0.497 e. The van der Waals surface area contributed by atoms with Crippen molar-refractivity contribution in [3.05, 3.63) is 33.4 Å². The second-order valence-corrected chi connectivity index (χ2v) is 11.6. The summed E-state index contributed by atoms with van der Waals surface area (Å²) in [5.74, 6) is -3.52. The summed E-state index contributed by atoms with van der Waals surface area (Å²) in [5.41, 5.74) is -14.6. The molecule has 178 valence electrons. The van der Waals surface area contributed by atoms with Gasteiger partial charge in [0.05, 0.1) is 16.4 Å². The van der Waals surface area contributed by atoms with E-state index in [2.05, 4.69) is 0 Å². The van der Waals surface area contributed by atoms with Crippen LogP contribution in [0.25, 0.3) is 0 Å². The molecular formula is C12H12F6N2O8S3. The van der Waals surface area contributed by atoms with Gasteiger partial charge in [-0.05, 0) is 24.5 Å². The summed E-state index contributed by atoms with van der Waals surface area (Å²) in [5, 5.41) is 16.1. The van der Waals surface area contributed by atoms with Crippen molar-refractivity contribution in [2.75, 3.05) is 11.5 Å². The summed E-state index contributed by atoms with van der Waals surface area (Å²) in [6, 6.07) is 1.05. The molecule has 19 heteroatoms. The average Bonchev–Trinajstić information content (AvgIpc) is 2.54. The highest BCUT2D eigenvalue weighted by Crippen LogP contribution is 2.33. The Morgan fingerprint density at radius 2 is 1.26 bits per heavy atom. The van der Waals surface area contributed by atoms with E-state index >= 15 is 0 Å². The predicted molar refractivity (Wildman–Crippen MR) is 91.6 cm³/mol. The average molecular weight is 522 g/mol. The molecule has 1 aromatic carbocycles. The number of primary sulfonamides is 1. The number of halogens is 6. The molecule has 0 aliphatic rings. The Bertz CT molecular complexity index is 1190. The Morgan fingerprint density at radius 1 is 0.839 bits per heavy atom. The number of nitrogens with zero attached hydrogens (tertiary/aromatic N) is 1. The van der Waals surface area contributed by atoms with Gasteiger partial charge in [-0.15, -0.1) is 0 Å². The summed E-state index contributed by atoms with van der Waals surface area (Å²) in [7, 11) is -16.5. The summed E-state index contributed by atoms with van der Waals surface area (Å²) < 4.78 is 143. The number of aryl methyl sites for hydroxylation is 1. The van der Waals surface area contributed by atoms with Crippen molar-refractivity contribution in [3.8, 4) is 0 Å². The van der Waals surface area contributed by atoms with Gasteiger partial charge in [0.25, 0.3) is 5.69 Å². The van der Waals surface area contributed by atoms with Crippen molar-refractivity contribution in [1.82, 2.24) is 0 Å². The van der Waals surface area contributed by atoms with Gasteiger partial charge in [-0.25, -0.2) is 30.4 Å². The van der Waals surface area contributed by atoms with E-state index in [-0.39, 0.29) is 0 Å². The van der Waals surface area contributed by atoms with E-state index in [4.69, 9.17) is 5.14 Å². The number of alkyl halides is 6. The van der Waals surface area contributed by atoms with E-state index in [1.165, 1.54) is 0 Å². The second kappa shape index (κ2) is 8.51. The maximum absolute atomic E-state index is 12.6. The highest BCUT2D eigenvalue weighted by atomic mass is 32.2. The van der Waals surface area contributed by atoms with Crippen molar-refractivity contribution in [3.63, 3.8) is 0 Å². The molecule has 0 spiro atoms. The van der Waals surface area contributed by atoms with Gasteiger partial charge in [0, 0.05) is 5.56 Å². The van der Waals surface area contributed by atoms with E-state index < -0.39 is 91.7 Å². The first-order chi connectivity index (χ1) is 13.6. The van der Waals surface area contributed by atoms with E-state index in [0.717, 1.165) is 0 Å². The van der Waals surface area contributed by atoms with Crippen LogP contribution in [0.15, 0.2) is 17.0 Å². The quantitative estimate of drug-likeness (QED) is 0.301. The minimum Gasteiger partial charge on any atom is -0.258 e. The van der Waals surface area contributed by atoms with Crippen LogP contribution in [0.4, 0.5) is 32.0 Å². The zero-order valence-corrected chi connectivity index (χ0v) is 17.2. The summed E-state index contributed by atoms with van der Waals surface area (Å²) >= 11 is 0. The van der Waals surface area contributed by atoms with E-state index in [9.17, 15) is 61.7 Å². The summed E-state index contributed by atoms with van der Waals surface area (Å²) in [4.78, 5) is 8.65. The summed E-state index contributed by atoms with van der Waals surface area (Å²) in [6.07, 6.45) is -2.50. The van der Waals surface area contributed by atoms with Crippen LogP contribution in [0.3, 0.4) is 0 Å². The third-order valence-electron chi connectivity index (χ3n) is 3.80. The SMILES string of the molecule is NS(=O)(=O)c1ccc(CCS(=O)(=O)C(F)(F)F)c(CCS(=O)(=O)C(F)(F)F)c1[N+](=O)[O-]. The second-order valence-electron chi connectivity index (χ2n) is 5.88. The fraction of sp³-hybridized carbons (Fsp3) is 0.500. The largest absolute Gasteiger partial charge is 0.497 e. The summed E-state index contributed by atoms with van der Waals surface area (Å²) in [6.45, 7) is 0. The van der Waals surface area contributed by atoms with Gasteiger partial charge in [0.1, 0.15) is 0 Å². The fourth-order valence-corrected chi connectivity index (χ4v) is 4.46. The molecule has 0 radical (unpaired) electrons. The molecule has 10 nitrogen and oxygen atoms in total. The van der Waals surface area contributed by atoms with Crippen LogP contribution >= 0.6 is 0 Å². The maximum atomic E-state index is 12.6. The standard InChI is InChI=1S/C12H12F6N2O8S3/c13-11(14,15)29(23,24)5-3-7-1-2-9(31(19,27)28)10(20(21)22)8(7)4-6-30(25,26)12(16,17)18/h1-2H,3-6H2,(H2,19,27,28). The Kier molecular flexibility index (Phi) is 7.42. The van der Waals surface area contributed by atoms with Gasteiger partial charge >= 0.3 is 11.0 Å². The molecule has 0 aliphatic carbocycles. The number of nitro groups is 1. The Morgan fingerprint density at radius 3 is 1.61 bits per heavy atom. The monoisotopic (exact) mass is 522 g/mol. The van der Waals surface area contributed by atoms with Crippen LogP contribution in [0.5, 0.6) is 0 Å². The molecule has 0 atom stereocenters. The normalized spacial score (nSPS) is 13.9. The number of sulfone groups is 2. The first kappa shape index (κ1) is 27.0. The van der Waals surface area contributed by atoms with E-state index in [1.54, 1.807) is 0 Å². The minimum absolute atomic E-state index is 0.449. The molecular weight excluding hydrogens is 510 g/mol. The molecule has 0 unspecified atom stereocenters. The Balaban J connectivity index is 3.65. The molecule has 1 aromatic rings. The van der Waals surface area contributed by atoms with Crippen molar-refractivity contribution in [1.29, 1.82) is 0 Å². The van der Waals surface area contributed by atoms with Crippen molar-refractivity contribution in [2.24, 2.45) is 5.14 Å². The van der Waals surface area contributed by atoms with Crippen LogP contribution in [0.2, 0.25) is 0 Å². The van der Waals surface area contributed by atoms with Crippen molar-refractivity contribution >= 4 is 35.4 Å². The highest BCUT2D eigenvalue weighted by Gasteiger charge is 2.46. The van der Waals surface area contributed by atoms with Gasteiger partial charge in [-0.3, -0.25) is 10.1 Å². The number of benzene rings is 1. The van der Waals surface area contributed by atoms with Gasteiger partial charge < -0.3 is 0 Å². The van der Waals surface area contributed by atoms with E-state index in [1.807, 2.05) is 0 Å². The molecule has 31 heavy (non-hydrogen) atoms. The van der Waals surface area contributed by atoms with Crippen LogP contribution in [0, 0.1) is 10.1 Å². The van der Waals surface area contributed by atoms with Gasteiger partial charge in [-0.1, -0.05) is 6.07 Å². The lowest BCUT2D eigenvalue weighted by Gasteiger charge is -2.14. The zero-order valence-electron chi connectivity index (χ0n) is 14.8. The van der Waals surface area contributed by atoms with Crippen molar-refractivity contribution < 1.29 is 56.5 Å². The molecule has 0 fully saturated rings. The molecule has 0 bridgehead atoms. The zero-order chi connectivity index (χ0) is 24.6. The molecule has 0 aromatic heterocycles. The molecule has 0 aliphatic heterocycles. The molecule has 2 N–H and O–H groups in total. The molecule has 0 saturated heterocycles. The van der Waals surface area contributed by atoms with Crippen LogP contribution in [-0.4, -0.2) is 52.7 Å². The lowest BCUT2D eigenvalue weighted by Crippen LogP contribution is -2.28. The Hall–Kier alpha value is -1.99. The lowest BCUT2D eigenvalue weighted by molar-refractivity contribution is -0.388. The number of rotatable bonds is 8. The van der Waals surface area contributed by atoms with Gasteiger partial charge in [-0.2, -0.15) is 26.3 Å². The fourth-order valence-electron chi connectivity index (χ4n) is 2.31. The van der Waals surface area contributed by atoms with E-state index in [0.29, 0.717) is 12.1 Å². The minimum atomic E-state index is -5.87. The van der Waals surface area contributed by atoms with Crippen molar-refractivity contribution in [2.45, 2.75) is 28.8 Å². The van der Waals surface area contributed by atoms with Crippen LogP contribution < -0.4 is 5.14 Å². The van der Waals surface area contributed by atoms with Crippen LogP contribution in [0.1, 0.15) is 11.1 Å². The molecule has 0 heterocycles. The topological polar surface area (TPSA) is 172 Å². The van der Waals surface area contributed by atoms with Crippen LogP contribution in [-0.2, 0) is 42.5 Å². The third kappa shape index (κ3) is 6.26. The highest BCUT2D eigenvalue weighted by molar-refractivity contribution is 7.92. The molecule has 0 amide bonds. The number of nitro benzene ring substituents is 1. The molecule has 0 saturated carbocycles. The smallest absolute Gasteiger partial charge is 0.258 e. The lowest BCUT2D eigenvalue weighted by atomic mass is 10.0. The number of sulfonamides is 1. The van der Waals surface area contributed by atoms with Gasteiger partial charge in [0.2, 0.25) is 29.7 Å². The number of hydrogen-bond donors (Lipinski definition) is 1. The molecule has 1 rings (SSSR count). The number of nitrogens with two attached hydrogens (primary N) is 1.